The van der Waals surface area contributed by atoms with Crippen molar-refractivity contribution in [1.29, 1.82) is 0 Å². The molecule has 0 N–H and O–H groups in total. The van der Waals surface area contributed by atoms with E-state index in [9.17, 15) is 13.0 Å². The Kier molecular flexibility index (Phi) is 4.60. The van der Waals surface area contributed by atoms with E-state index in [1.54, 1.807) is 0 Å². The summed E-state index contributed by atoms with van der Waals surface area (Å²) in [5.41, 5.74) is 0. The van der Waals surface area contributed by atoms with Gasteiger partial charge >= 0.3 is 29.6 Å². The van der Waals surface area contributed by atoms with E-state index in [-0.39, 0.29) is 34.7 Å². The molecule has 1 heterocycles. The second kappa shape index (κ2) is 4.50. The first kappa shape index (κ1) is 12.3. The van der Waals surface area contributed by atoms with E-state index < -0.39 is 15.0 Å². The fourth-order valence-corrected chi connectivity index (χ4v) is 1.29. The predicted octanol–water partition coefficient (Wildman–Crippen LogP) is -2.96. The van der Waals surface area contributed by atoms with Crippen LogP contribution in [-0.2, 0) is 10.1 Å². The van der Waals surface area contributed by atoms with Crippen LogP contribution in [0.1, 0.15) is 0 Å². The van der Waals surface area contributed by atoms with Crippen molar-refractivity contribution in [3.63, 3.8) is 0 Å². The Morgan fingerprint density at radius 2 is 2.08 bits per heavy atom. The van der Waals surface area contributed by atoms with E-state index in [1.807, 2.05) is 0 Å². The van der Waals surface area contributed by atoms with Gasteiger partial charge in [-0.2, -0.15) is 0 Å². The molecule has 0 saturated carbocycles. The Hall–Kier alpha value is 0.280. The molecule has 0 radical (unpaired) electrons. The van der Waals surface area contributed by atoms with Gasteiger partial charge in [-0.15, -0.1) is 0 Å². The van der Waals surface area contributed by atoms with Gasteiger partial charge in [-0.3, -0.25) is 0 Å². The molecule has 8 heteroatoms. The van der Waals surface area contributed by atoms with Crippen molar-refractivity contribution in [3.8, 4) is 0 Å². The van der Waals surface area contributed by atoms with E-state index in [4.69, 9.17) is 11.6 Å². The first-order valence-corrected chi connectivity index (χ1v) is 4.22. The second-order valence-corrected chi connectivity index (χ2v) is 3.34. The fraction of sp³-hybridized carbons (Fsp3) is 0. The van der Waals surface area contributed by atoms with Crippen LogP contribution in [0.5, 0.6) is 0 Å². The van der Waals surface area contributed by atoms with Crippen molar-refractivity contribution in [1.82, 2.24) is 9.97 Å². The minimum Gasteiger partial charge on any atom is -0.744 e. The van der Waals surface area contributed by atoms with Crippen LogP contribution in [0.2, 0.25) is 5.15 Å². The minimum absolute atomic E-state index is 0. The monoisotopic (exact) mass is 216 g/mol. The van der Waals surface area contributed by atoms with Crippen LogP contribution >= 0.6 is 11.6 Å². The number of hydrogen-bond donors (Lipinski definition) is 0. The zero-order chi connectivity index (χ0) is 8.48. The summed E-state index contributed by atoms with van der Waals surface area (Å²) in [6, 6.07) is 0. The molecule has 60 valence electrons. The summed E-state index contributed by atoms with van der Waals surface area (Å²) in [7, 11) is -4.54. The van der Waals surface area contributed by atoms with Crippen molar-refractivity contribution >= 4 is 21.7 Å². The molecule has 0 aliphatic carbocycles. The molecule has 1 aromatic rings. The number of aromatic nitrogens is 2. The van der Waals surface area contributed by atoms with Crippen LogP contribution in [0, 0.1) is 0 Å². The zero-order valence-electron chi connectivity index (χ0n) is 6.06. The largest absolute Gasteiger partial charge is 1.00 e. The zero-order valence-corrected chi connectivity index (χ0v) is 9.63. The molecule has 0 amide bonds. The van der Waals surface area contributed by atoms with Gasteiger partial charge in [0.25, 0.3) is 0 Å². The molecule has 0 fully saturated rings. The number of halogens is 1. The molecule has 5 nitrogen and oxygen atoms in total. The van der Waals surface area contributed by atoms with Crippen LogP contribution in [0.4, 0.5) is 0 Å². The van der Waals surface area contributed by atoms with E-state index in [2.05, 4.69) is 9.97 Å². The Labute approximate surface area is 96.2 Å². The number of hydrogen-bond acceptors (Lipinski definition) is 5. The van der Waals surface area contributed by atoms with Crippen molar-refractivity contribution < 1.29 is 42.5 Å². The van der Waals surface area contributed by atoms with Gasteiger partial charge < -0.3 is 4.55 Å². The molecule has 1 aromatic heterocycles. The molecular weight excluding hydrogens is 215 g/mol. The molecule has 0 unspecified atom stereocenters. The molecule has 0 aliphatic heterocycles. The van der Waals surface area contributed by atoms with Crippen LogP contribution in [0.25, 0.3) is 0 Å². The van der Waals surface area contributed by atoms with Gasteiger partial charge in [-0.25, -0.2) is 18.4 Å². The van der Waals surface area contributed by atoms with Gasteiger partial charge in [0.05, 0.1) is 0 Å². The fourth-order valence-electron chi connectivity index (χ4n) is 0.470. The Morgan fingerprint density at radius 3 is 2.42 bits per heavy atom. The summed E-state index contributed by atoms with van der Waals surface area (Å²) in [4.78, 5) is 6.06. The van der Waals surface area contributed by atoms with Gasteiger partial charge in [0, 0.05) is 6.20 Å². The molecule has 0 bridgehead atoms. The predicted molar refractivity (Wildman–Crippen MR) is 35.0 cm³/mol. The summed E-state index contributed by atoms with van der Waals surface area (Å²) < 4.78 is 31.0. The van der Waals surface area contributed by atoms with Crippen molar-refractivity contribution in [3.05, 3.63) is 17.7 Å². The molecule has 1 rings (SSSR count). The average Bonchev–Trinajstić information content (AvgIpc) is 1.86. The number of nitrogens with zero attached hydrogens (tertiary/aromatic N) is 2. The van der Waals surface area contributed by atoms with Gasteiger partial charge in [0.2, 0.25) is 0 Å². The van der Waals surface area contributed by atoms with Gasteiger partial charge in [0.15, 0.2) is 0 Å². The van der Waals surface area contributed by atoms with E-state index in [0.29, 0.717) is 0 Å². The van der Waals surface area contributed by atoms with Crippen molar-refractivity contribution in [2.24, 2.45) is 0 Å². The molecule has 0 atom stereocenters. The normalized spacial score (nSPS) is 10.5. The van der Waals surface area contributed by atoms with Crippen LogP contribution < -0.4 is 29.6 Å². The molecule has 0 saturated heterocycles. The first-order valence-electron chi connectivity index (χ1n) is 2.43. The van der Waals surface area contributed by atoms with Crippen LogP contribution in [0.15, 0.2) is 17.4 Å². The molecule has 0 spiro atoms. The summed E-state index contributed by atoms with van der Waals surface area (Å²) >= 11 is 5.28. The maximum atomic E-state index is 10.3. The maximum Gasteiger partial charge on any atom is 1.00 e. The third-order valence-electron chi connectivity index (χ3n) is 0.902. The van der Waals surface area contributed by atoms with E-state index >= 15 is 0 Å². The van der Waals surface area contributed by atoms with Gasteiger partial charge in [0.1, 0.15) is 26.5 Å². The third-order valence-corrected chi connectivity index (χ3v) is 2.15. The van der Waals surface area contributed by atoms with Crippen LogP contribution in [0.3, 0.4) is 0 Å². The average molecular weight is 217 g/mol. The summed E-state index contributed by atoms with van der Waals surface area (Å²) in [6.45, 7) is 0. The summed E-state index contributed by atoms with van der Waals surface area (Å²) in [5, 5.41) is -0.352. The standard InChI is InChI=1S/C4H3ClN2O3S.Na/c5-4-3(11(8,9)10)1-6-2-7-4;/h1-2H,(H,8,9,10);/q;+1/p-1. The summed E-state index contributed by atoms with van der Waals surface area (Å²) in [6.07, 6.45) is 1.91. The molecular formula is C4H2ClN2NaO3S. The quantitative estimate of drug-likeness (QED) is 0.285. The Bertz CT molecular complexity index is 368. The molecule has 0 aromatic carbocycles. The molecule has 12 heavy (non-hydrogen) atoms. The Morgan fingerprint density at radius 1 is 1.50 bits per heavy atom. The van der Waals surface area contributed by atoms with Crippen LogP contribution in [-0.4, -0.2) is 22.9 Å². The van der Waals surface area contributed by atoms with E-state index in [1.165, 1.54) is 0 Å². The van der Waals surface area contributed by atoms with Gasteiger partial charge in [-0.1, -0.05) is 11.6 Å². The van der Waals surface area contributed by atoms with E-state index in [0.717, 1.165) is 12.5 Å². The SMILES string of the molecule is O=S(=O)([O-])c1cncnc1Cl.[Na+]. The first-order chi connectivity index (χ1) is 5.02. The topological polar surface area (TPSA) is 83.0 Å². The summed E-state index contributed by atoms with van der Waals surface area (Å²) in [5.74, 6) is 0. The third kappa shape index (κ3) is 2.96. The Balaban J connectivity index is 0.00000121. The number of rotatable bonds is 1. The smallest absolute Gasteiger partial charge is 0.744 e. The molecule has 0 aliphatic rings. The van der Waals surface area contributed by atoms with Gasteiger partial charge in [-0.05, 0) is 0 Å². The van der Waals surface area contributed by atoms with Crippen molar-refractivity contribution in [2.45, 2.75) is 4.90 Å². The van der Waals surface area contributed by atoms with Crippen molar-refractivity contribution in [2.75, 3.05) is 0 Å². The maximum absolute atomic E-state index is 10.3. The second-order valence-electron chi connectivity index (χ2n) is 1.63. The minimum atomic E-state index is -4.54.